The van der Waals surface area contributed by atoms with Gasteiger partial charge in [-0.3, -0.25) is 19.1 Å². The number of nitrogens with one attached hydrogen (secondary N) is 1. The predicted octanol–water partition coefficient (Wildman–Crippen LogP) is -0.106. The van der Waals surface area contributed by atoms with Gasteiger partial charge in [-0.15, -0.1) is 11.3 Å². The van der Waals surface area contributed by atoms with Crippen molar-refractivity contribution in [1.82, 2.24) is 18.8 Å². The van der Waals surface area contributed by atoms with Gasteiger partial charge < -0.3 is 4.90 Å². The van der Waals surface area contributed by atoms with Crippen molar-refractivity contribution in [2.75, 3.05) is 26.2 Å². The van der Waals surface area contributed by atoms with Crippen molar-refractivity contribution in [3.8, 4) is 0 Å². The van der Waals surface area contributed by atoms with Gasteiger partial charge in [0.2, 0.25) is 5.91 Å². The first-order chi connectivity index (χ1) is 12.3. The van der Waals surface area contributed by atoms with E-state index >= 15 is 0 Å². The van der Waals surface area contributed by atoms with E-state index in [0.717, 1.165) is 19.7 Å². The first-order valence-electron chi connectivity index (χ1n) is 7.60. The highest BCUT2D eigenvalue weighted by Gasteiger charge is 2.31. The van der Waals surface area contributed by atoms with Gasteiger partial charge in [-0.1, -0.05) is 0 Å². The fraction of sp³-hybridized carbons (Fsp3) is 0.357. The van der Waals surface area contributed by atoms with E-state index in [0.29, 0.717) is 0 Å². The summed E-state index contributed by atoms with van der Waals surface area (Å²) in [5, 5.41) is 0. The molecule has 0 unspecified atom stereocenters. The summed E-state index contributed by atoms with van der Waals surface area (Å²) in [6, 6.07) is 4.39. The molecule has 2 aromatic rings. The van der Waals surface area contributed by atoms with Gasteiger partial charge in [-0.25, -0.2) is 13.2 Å². The van der Waals surface area contributed by atoms with Crippen LogP contribution in [0.25, 0.3) is 0 Å². The van der Waals surface area contributed by atoms with Crippen molar-refractivity contribution in [2.24, 2.45) is 0 Å². The number of hydrogen-bond donors (Lipinski definition) is 1. The lowest BCUT2D eigenvalue weighted by Crippen LogP contribution is -2.51. The van der Waals surface area contributed by atoms with Gasteiger partial charge in [0, 0.05) is 38.4 Å². The van der Waals surface area contributed by atoms with Crippen LogP contribution in [0, 0.1) is 0 Å². The minimum atomic E-state index is -3.57. The summed E-state index contributed by atoms with van der Waals surface area (Å²) in [5.74, 6) is -0.310. The van der Waals surface area contributed by atoms with Crippen molar-refractivity contribution in [1.29, 1.82) is 0 Å². The Bertz CT molecular complexity index is 1030. The number of carbonyl (C=O) groups is 1. The number of sulfonamides is 1. The van der Waals surface area contributed by atoms with Crippen LogP contribution in [-0.2, 0) is 21.4 Å². The molecule has 3 heterocycles. The van der Waals surface area contributed by atoms with E-state index in [2.05, 4.69) is 20.9 Å². The standard InChI is InChI=1S/C14H15BrN4O5S2/c15-10-1-2-13(25-10)26(23,24)19-7-5-17(6-8-19)12(21)9-18-4-3-11(20)16-14(18)22/h1-4H,5-9H2,(H,16,20,22). The van der Waals surface area contributed by atoms with Crippen molar-refractivity contribution >= 4 is 43.2 Å². The number of H-pyrrole nitrogens is 1. The molecule has 0 aliphatic carbocycles. The second-order valence-electron chi connectivity index (χ2n) is 5.58. The van der Waals surface area contributed by atoms with E-state index in [4.69, 9.17) is 0 Å². The summed E-state index contributed by atoms with van der Waals surface area (Å²) in [5.41, 5.74) is -1.19. The fourth-order valence-electron chi connectivity index (χ4n) is 2.56. The third-order valence-corrected chi connectivity index (χ3v) is 7.93. The quantitative estimate of drug-likeness (QED) is 0.681. The van der Waals surface area contributed by atoms with Gasteiger partial charge in [0.05, 0.1) is 3.79 Å². The Balaban J connectivity index is 1.64. The summed E-state index contributed by atoms with van der Waals surface area (Å²) in [7, 11) is -3.57. The monoisotopic (exact) mass is 462 g/mol. The van der Waals surface area contributed by atoms with E-state index in [9.17, 15) is 22.8 Å². The Morgan fingerprint density at radius 1 is 1.15 bits per heavy atom. The van der Waals surface area contributed by atoms with Crippen LogP contribution in [0.1, 0.15) is 0 Å². The molecule has 140 valence electrons. The molecular weight excluding hydrogens is 448 g/mol. The number of halogens is 1. The zero-order valence-corrected chi connectivity index (χ0v) is 16.6. The molecule has 9 nitrogen and oxygen atoms in total. The van der Waals surface area contributed by atoms with Gasteiger partial charge in [0.25, 0.3) is 15.6 Å². The molecule has 1 saturated heterocycles. The highest BCUT2D eigenvalue weighted by molar-refractivity contribution is 9.11. The lowest BCUT2D eigenvalue weighted by molar-refractivity contribution is -0.133. The predicted molar refractivity (Wildman–Crippen MR) is 98.7 cm³/mol. The highest BCUT2D eigenvalue weighted by Crippen LogP contribution is 2.28. The Labute approximate surface area is 161 Å². The molecule has 1 aliphatic rings. The van der Waals surface area contributed by atoms with Crippen molar-refractivity contribution in [3.63, 3.8) is 0 Å². The number of piperazine rings is 1. The number of aromatic amines is 1. The molecule has 0 atom stereocenters. The normalized spacial score (nSPS) is 16.0. The maximum atomic E-state index is 12.6. The molecule has 1 amide bonds. The molecule has 0 aromatic carbocycles. The third kappa shape index (κ3) is 3.98. The second-order valence-corrected chi connectivity index (χ2v) is 10.2. The Hall–Kier alpha value is -1.76. The summed E-state index contributed by atoms with van der Waals surface area (Å²) >= 11 is 4.39. The maximum Gasteiger partial charge on any atom is 0.328 e. The third-order valence-electron chi connectivity index (χ3n) is 3.94. The van der Waals surface area contributed by atoms with Crippen LogP contribution in [0.3, 0.4) is 0 Å². The molecule has 26 heavy (non-hydrogen) atoms. The van der Waals surface area contributed by atoms with Gasteiger partial charge >= 0.3 is 5.69 Å². The second kappa shape index (κ2) is 7.47. The van der Waals surface area contributed by atoms with E-state index in [1.54, 1.807) is 12.1 Å². The molecule has 0 bridgehead atoms. The number of amides is 1. The summed E-state index contributed by atoms with van der Waals surface area (Å²) in [6.07, 6.45) is 1.26. The molecule has 3 rings (SSSR count). The lowest BCUT2D eigenvalue weighted by atomic mass is 10.3. The molecule has 12 heteroatoms. The van der Waals surface area contributed by atoms with Crippen LogP contribution in [0.4, 0.5) is 0 Å². The molecule has 2 aromatic heterocycles. The van der Waals surface area contributed by atoms with E-state index in [1.165, 1.54) is 21.5 Å². The number of hydrogen-bond acceptors (Lipinski definition) is 6. The Morgan fingerprint density at radius 3 is 2.42 bits per heavy atom. The van der Waals surface area contributed by atoms with Crippen molar-refractivity contribution < 1.29 is 13.2 Å². The van der Waals surface area contributed by atoms with Crippen molar-refractivity contribution in [2.45, 2.75) is 10.8 Å². The average molecular weight is 463 g/mol. The Kier molecular flexibility index (Phi) is 5.46. The lowest BCUT2D eigenvalue weighted by Gasteiger charge is -2.33. The number of aromatic nitrogens is 2. The zero-order valence-electron chi connectivity index (χ0n) is 13.4. The molecule has 1 fully saturated rings. The van der Waals surface area contributed by atoms with Crippen LogP contribution < -0.4 is 11.2 Å². The maximum absolute atomic E-state index is 12.6. The molecular formula is C14H15BrN4O5S2. The molecule has 0 saturated carbocycles. The van der Waals surface area contributed by atoms with Gasteiger partial charge in [0.1, 0.15) is 10.8 Å². The number of nitrogens with zero attached hydrogens (tertiary/aromatic N) is 3. The zero-order chi connectivity index (χ0) is 18.9. The number of carbonyl (C=O) groups excluding carboxylic acids is 1. The van der Waals surface area contributed by atoms with Gasteiger partial charge in [-0.2, -0.15) is 4.31 Å². The Morgan fingerprint density at radius 2 is 1.85 bits per heavy atom. The van der Waals surface area contributed by atoms with Crippen molar-refractivity contribution in [3.05, 3.63) is 49.0 Å². The summed E-state index contributed by atoms with van der Waals surface area (Å²) in [6.45, 7) is 0.639. The number of thiophene rings is 1. The number of rotatable bonds is 4. The fourth-order valence-corrected chi connectivity index (χ4v) is 6.14. The molecule has 1 aliphatic heterocycles. The van der Waals surface area contributed by atoms with E-state index < -0.39 is 21.3 Å². The van der Waals surface area contributed by atoms with Crippen LogP contribution in [0.15, 0.2) is 42.0 Å². The largest absolute Gasteiger partial charge is 0.338 e. The smallest absolute Gasteiger partial charge is 0.328 e. The average Bonchev–Trinajstić information content (AvgIpc) is 3.05. The van der Waals surface area contributed by atoms with Crippen LogP contribution >= 0.6 is 27.3 Å². The molecule has 0 spiro atoms. The van der Waals surface area contributed by atoms with Crippen LogP contribution in [0.5, 0.6) is 0 Å². The summed E-state index contributed by atoms with van der Waals surface area (Å²) in [4.78, 5) is 38.6. The van der Waals surface area contributed by atoms with Gasteiger partial charge in [-0.05, 0) is 28.1 Å². The first-order valence-corrected chi connectivity index (χ1v) is 10.7. The van der Waals surface area contributed by atoms with Gasteiger partial charge in [0.15, 0.2) is 0 Å². The van der Waals surface area contributed by atoms with E-state index in [1.807, 2.05) is 0 Å². The molecule has 0 radical (unpaired) electrons. The minimum Gasteiger partial charge on any atom is -0.338 e. The SMILES string of the molecule is O=C(Cn1ccc(=O)[nH]c1=O)N1CCN(S(=O)(=O)c2ccc(Br)s2)CC1. The molecule has 1 N–H and O–H groups in total. The van der Waals surface area contributed by atoms with Crippen LogP contribution in [-0.4, -0.2) is 59.3 Å². The highest BCUT2D eigenvalue weighted by atomic mass is 79.9. The topological polar surface area (TPSA) is 113 Å². The minimum absolute atomic E-state index is 0.185. The van der Waals surface area contributed by atoms with E-state index in [-0.39, 0.29) is 42.8 Å². The first kappa shape index (κ1) is 19.0. The summed E-state index contributed by atoms with van der Waals surface area (Å²) < 4.78 is 28.6. The van der Waals surface area contributed by atoms with Crippen LogP contribution in [0.2, 0.25) is 0 Å².